The number of carbonyl (C=O) groups is 1. The van der Waals surface area contributed by atoms with Crippen molar-refractivity contribution in [2.45, 2.75) is 6.92 Å². The first-order valence-electron chi connectivity index (χ1n) is 5.28. The zero-order valence-corrected chi connectivity index (χ0v) is 9.19. The molecule has 0 spiro atoms. The van der Waals surface area contributed by atoms with Crippen molar-refractivity contribution in [2.24, 2.45) is 0 Å². The molecule has 1 aromatic carbocycles. The van der Waals surface area contributed by atoms with Crippen molar-refractivity contribution in [3.8, 4) is 11.5 Å². The average molecular weight is 234 g/mol. The summed E-state index contributed by atoms with van der Waals surface area (Å²) >= 11 is 0. The Labute approximate surface area is 96.9 Å². The van der Waals surface area contributed by atoms with E-state index in [9.17, 15) is 4.79 Å². The monoisotopic (exact) mass is 234 g/mol. The first kappa shape index (κ1) is 10.0. The highest BCUT2D eigenvalue weighted by atomic mass is 16.7. The molecule has 0 amide bonds. The second kappa shape index (κ2) is 3.69. The van der Waals surface area contributed by atoms with Crippen molar-refractivity contribution in [1.29, 1.82) is 0 Å². The molecule has 1 aromatic heterocycles. The van der Waals surface area contributed by atoms with Gasteiger partial charge < -0.3 is 18.6 Å². The van der Waals surface area contributed by atoms with E-state index in [2.05, 4.69) is 0 Å². The smallest absolute Gasteiger partial charge is 0.374 e. The van der Waals surface area contributed by atoms with Gasteiger partial charge in [-0.05, 0) is 19.1 Å². The summed E-state index contributed by atoms with van der Waals surface area (Å²) in [4.78, 5) is 11.5. The van der Waals surface area contributed by atoms with Gasteiger partial charge >= 0.3 is 5.97 Å². The Hall–Kier alpha value is -2.17. The molecule has 1 aliphatic heterocycles. The molecular formula is C12H10O5. The Morgan fingerprint density at radius 3 is 2.82 bits per heavy atom. The highest BCUT2D eigenvalue weighted by Crippen LogP contribution is 2.37. The summed E-state index contributed by atoms with van der Waals surface area (Å²) in [7, 11) is 0. The van der Waals surface area contributed by atoms with E-state index in [-0.39, 0.29) is 12.6 Å². The van der Waals surface area contributed by atoms with E-state index >= 15 is 0 Å². The Balaban J connectivity index is 2.05. The van der Waals surface area contributed by atoms with Crippen LogP contribution in [0.25, 0.3) is 11.0 Å². The number of esters is 1. The molecule has 0 radical (unpaired) electrons. The number of benzene rings is 1. The molecule has 1 aliphatic rings. The second-order valence-corrected chi connectivity index (χ2v) is 3.57. The lowest BCUT2D eigenvalue weighted by Crippen LogP contribution is -2.02. The summed E-state index contributed by atoms with van der Waals surface area (Å²) in [5, 5.41) is 0.789. The van der Waals surface area contributed by atoms with Gasteiger partial charge in [-0.15, -0.1) is 0 Å². The third-order valence-corrected chi connectivity index (χ3v) is 2.49. The second-order valence-electron chi connectivity index (χ2n) is 3.57. The zero-order valence-electron chi connectivity index (χ0n) is 9.19. The molecule has 5 heteroatoms. The van der Waals surface area contributed by atoms with Gasteiger partial charge in [0.1, 0.15) is 5.58 Å². The first-order valence-corrected chi connectivity index (χ1v) is 5.28. The summed E-state index contributed by atoms with van der Waals surface area (Å²) in [6, 6.07) is 5.12. The van der Waals surface area contributed by atoms with Gasteiger partial charge in [0.15, 0.2) is 11.5 Å². The third-order valence-electron chi connectivity index (χ3n) is 2.49. The van der Waals surface area contributed by atoms with Gasteiger partial charge in [0, 0.05) is 11.5 Å². The molecule has 0 atom stereocenters. The van der Waals surface area contributed by atoms with Crippen molar-refractivity contribution in [3.05, 3.63) is 24.0 Å². The minimum atomic E-state index is -0.467. The van der Waals surface area contributed by atoms with Crippen LogP contribution in [0, 0.1) is 0 Å². The summed E-state index contributed by atoms with van der Waals surface area (Å²) < 4.78 is 20.7. The molecular weight excluding hydrogens is 224 g/mol. The van der Waals surface area contributed by atoms with E-state index in [1.807, 2.05) is 0 Å². The van der Waals surface area contributed by atoms with Gasteiger partial charge in [0.25, 0.3) is 0 Å². The molecule has 17 heavy (non-hydrogen) atoms. The fraction of sp³-hybridized carbons (Fsp3) is 0.250. The topological polar surface area (TPSA) is 57.9 Å². The number of hydrogen-bond acceptors (Lipinski definition) is 5. The van der Waals surface area contributed by atoms with Crippen molar-refractivity contribution in [1.82, 2.24) is 0 Å². The van der Waals surface area contributed by atoms with Crippen LogP contribution >= 0.6 is 0 Å². The van der Waals surface area contributed by atoms with Crippen LogP contribution in [0.15, 0.2) is 22.6 Å². The quantitative estimate of drug-likeness (QED) is 0.746. The summed E-state index contributed by atoms with van der Waals surface area (Å²) in [6.45, 7) is 2.28. The zero-order chi connectivity index (χ0) is 11.8. The summed E-state index contributed by atoms with van der Waals surface area (Å²) in [5.74, 6) is 1.01. The van der Waals surface area contributed by atoms with Crippen LogP contribution in [-0.4, -0.2) is 19.4 Å². The molecule has 0 aliphatic carbocycles. The van der Waals surface area contributed by atoms with Gasteiger partial charge in [-0.3, -0.25) is 0 Å². The summed E-state index contributed by atoms with van der Waals surface area (Å²) in [6.07, 6.45) is 0. The van der Waals surface area contributed by atoms with Crippen molar-refractivity contribution >= 4 is 16.9 Å². The minimum absolute atomic E-state index is 0.186. The third kappa shape index (κ3) is 1.60. The van der Waals surface area contributed by atoms with Crippen LogP contribution in [0.2, 0.25) is 0 Å². The number of furan rings is 1. The molecule has 0 saturated heterocycles. The van der Waals surface area contributed by atoms with E-state index in [0.29, 0.717) is 23.7 Å². The van der Waals surface area contributed by atoms with E-state index in [1.54, 1.807) is 25.1 Å². The SMILES string of the molecule is CCOC(=O)c1cc2cc3c(cc2o1)OCO3. The highest BCUT2D eigenvalue weighted by molar-refractivity contribution is 5.93. The molecule has 0 bridgehead atoms. The maximum absolute atomic E-state index is 11.5. The number of hydrogen-bond donors (Lipinski definition) is 0. The van der Waals surface area contributed by atoms with Gasteiger partial charge in [-0.25, -0.2) is 4.79 Å². The van der Waals surface area contributed by atoms with E-state index in [1.165, 1.54) is 0 Å². The molecule has 0 saturated carbocycles. The van der Waals surface area contributed by atoms with Crippen LogP contribution in [0.1, 0.15) is 17.5 Å². The van der Waals surface area contributed by atoms with E-state index < -0.39 is 5.97 Å². The van der Waals surface area contributed by atoms with Crippen molar-refractivity contribution in [3.63, 3.8) is 0 Å². The van der Waals surface area contributed by atoms with E-state index in [4.69, 9.17) is 18.6 Å². The van der Waals surface area contributed by atoms with Crippen LogP contribution < -0.4 is 9.47 Å². The van der Waals surface area contributed by atoms with Crippen LogP contribution in [0.4, 0.5) is 0 Å². The van der Waals surface area contributed by atoms with Gasteiger partial charge in [0.2, 0.25) is 12.6 Å². The van der Waals surface area contributed by atoms with Crippen LogP contribution in [0.3, 0.4) is 0 Å². The Bertz CT molecular complexity index is 543. The molecule has 5 nitrogen and oxygen atoms in total. The van der Waals surface area contributed by atoms with Gasteiger partial charge in [0.05, 0.1) is 6.61 Å². The molecule has 0 N–H and O–H groups in total. The lowest BCUT2D eigenvalue weighted by Gasteiger charge is -1.95. The normalized spacial score (nSPS) is 13.0. The fourth-order valence-electron chi connectivity index (χ4n) is 1.73. The lowest BCUT2D eigenvalue weighted by atomic mass is 10.2. The molecule has 2 aromatic rings. The summed E-state index contributed by atoms with van der Waals surface area (Å²) in [5.41, 5.74) is 0.581. The molecule has 2 heterocycles. The lowest BCUT2D eigenvalue weighted by molar-refractivity contribution is 0.0492. The van der Waals surface area contributed by atoms with Crippen molar-refractivity contribution in [2.75, 3.05) is 13.4 Å². The molecule has 0 unspecified atom stereocenters. The number of fused-ring (bicyclic) bond motifs is 2. The Morgan fingerprint density at radius 2 is 2.06 bits per heavy atom. The highest BCUT2D eigenvalue weighted by Gasteiger charge is 2.19. The minimum Gasteiger partial charge on any atom is -0.460 e. The van der Waals surface area contributed by atoms with Gasteiger partial charge in [-0.1, -0.05) is 0 Å². The predicted octanol–water partition coefficient (Wildman–Crippen LogP) is 2.34. The van der Waals surface area contributed by atoms with E-state index in [0.717, 1.165) is 5.39 Å². The number of rotatable bonds is 2. The fourth-order valence-corrected chi connectivity index (χ4v) is 1.73. The largest absolute Gasteiger partial charge is 0.460 e. The molecule has 0 fully saturated rings. The standard InChI is InChI=1S/C12H10O5/c1-2-14-12(13)11-4-7-3-9-10(16-6-15-9)5-8(7)17-11/h3-5H,2,6H2,1H3. The maximum Gasteiger partial charge on any atom is 0.374 e. The number of ether oxygens (including phenoxy) is 3. The molecule has 3 rings (SSSR count). The average Bonchev–Trinajstić information content (AvgIpc) is 2.90. The first-order chi connectivity index (χ1) is 8.28. The van der Waals surface area contributed by atoms with Crippen molar-refractivity contribution < 1.29 is 23.4 Å². The molecule has 88 valence electrons. The van der Waals surface area contributed by atoms with Crippen LogP contribution in [0.5, 0.6) is 11.5 Å². The Kier molecular flexibility index (Phi) is 2.18. The number of carbonyl (C=O) groups excluding carboxylic acids is 1. The maximum atomic E-state index is 11.5. The Morgan fingerprint density at radius 1 is 1.29 bits per heavy atom. The van der Waals surface area contributed by atoms with Gasteiger partial charge in [-0.2, -0.15) is 0 Å². The van der Waals surface area contributed by atoms with Crippen LogP contribution in [-0.2, 0) is 4.74 Å². The predicted molar refractivity (Wildman–Crippen MR) is 58.3 cm³/mol.